The molecule has 4 rings (SSSR count). The molecular weight excluding hydrogens is 461 g/mol. The first kappa shape index (κ1) is 24.9. The van der Waals surface area contributed by atoms with Gasteiger partial charge in [0.25, 0.3) is 0 Å². The highest BCUT2D eigenvalue weighted by molar-refractivity contribution is 5.83. The van der Waals surface area contributed by atoms with Crippen LogP contribution in [0.1, 0.15) is 25.7 Å². The Bertz CT molecular complexity index is 984. The number of benzene rings is 1. The Hall–Kier alpha value is -3.21. The molecule has 190 valence electrons. The second-order valence-electron chi connectivity index (χ2n) is 9.31. The quantitative estimate of drug-likeness (QED) is 0.453. The minimum atomic E-state index is -4.11. The van der Waals surface area contributed by atoms with Gasteiger partial charge in [0, 0.05) is 50.6 Å². The number of carbonyl (C=O) groups is 2. The minimum absolute atomic E-state index is 0.0531. The molecule has 2 saturated heterocycles. The monoisotopic (exact) mass is 493 g/mol. The fourth-order valence-corrected chi connectivity index (χ4v) is 4.58. The van der Waals surface area contributed by atoms with Gasteiger partial charge in [0.1, 0.15) is 0 Å². The Morgan fingerprint density at radius 3 is 2.46 bits per heavy atom. The van der Waals surface area contributed by atoms with E-state index in [0.717, 1.165) is 22.9 Å². The molecule has 35 heavy (non-hydrogen) atoms. The number of alkyl halides is 3. The van der Waals surface area contributed by atoms with E-state index in [-0.39, 0.29) is 30.6 Å². The summed E-state index contributed by atoms with van der Waals surface area (Å²) in [4.78, 5) is 27.6. The Labute approximate surface area is 202 Å². The number of nitrogens with one attached hydrogen (secondary N) is 3. The zero-order valence-electron chi connectivity index (χ0n) is 19.7. The van der Waals surface area contributed by atoms with Crippen LogP contribution in [0.4, 0.5) is 24.5 Å². The minimum Gasteiger partial charge on any atom is -0.372 e. The van der Waals surface area contributed by atoms with Crippen molar-refractivity contribution < 1.29 is 28.2 Å². The van der Waals surface area contributed by atoms with Gasteiger partial charge in [-0.15, -0.1) is 0 Å². The molecule has 0 aromatic heterocycles. The SMILES string of the molecule is CN1CC(C(=O)NCC2=CC=C(Nc3ccc(N4CCC(C(F)(F)F)CC4)cc3)[NH2+]N2)CCC1=O. The third-order valence-corrected chi connectivity index (χ3v) is 6.81. The van der Waals surface area contributed by atoms with Crippen molar-refractivity contribution in [3.05, 3.63) is 47.9 Å². The van der Waals surface area contributed by atoms with Gasteiger partial charge in [-0.1, -0.05) is 0 Å². The van der Waals surface area contributed by atoms with E-state index < -0.39 is 12.1 Å². The average molecular weight is 494 g/mol. The second-order valence-corrected chi connectivity index (χ2v) is 9.31. The number of allylic oxidation sites excluding steroid dienone is 2. The van der Waals surface area contributed by atoms with Crippen molar-refractivity contribution in [2.75, 3.05) is 43.4 Å². The van der Waals surface area contributed by atoms with E-state index in [9.17, 15) is 22.8 Å². The maximum Gasteiger partial charge on any atom is 0.391 e. The molecule has 0 saturated carbocycles. The van der Waals surface area contributed by atoms with Crippen LogP contribution in [0.15, 0.2) is 47.9 Å². The van der Waals surface area contributed by atoms with Gasteiger partial charge in [0.15, 0.2) is 0 Å². The van der Waals surface area contributed by atoms with E-state index in [4.69, 9.17) is 0 Å². The standard InChI is InChI=1S/C24H31F3N6O2/c1-32-15-16(2-9-22(32)34)23(35)28-14-19-5-8-21(31-30-19)29-18-3-6-20(7-4-18)33-12-10-17(11-13-33)24(25,26)27/h3-8,16-17,29-31H,2,9-15H2,1H3,(H,28,35)/p+1. The number of halogens is 3. The zero-order chi connectivity index (χ0) is 25.0. The van der Waals surface area contributed by atoms with Crippen molar-refractivity contribution in [3.8, 4) is 0 Å². The van der Waals surface area contributed by atoms with Gasteiger partial charge in [-0.3, -0.25) is 9.59 Å². The number of rotatable bonds is 6. The number of likely N-dealkylation sites (tertiary alicyclic amines) is 1. The predicted octanol–water partition coefficient (Wildman–Crippen LogP) is 1.67. The number of nitrogens with zero attached hydrogens (tertiary/aromatic N) is 2. The summed E-state index contributed by atoms with van der Waals surface area (Å²) < 4.78 is 38.6. The van der Waals surface area contributed by atoms with Crippen molar-refractivity contribution in [1.29, 1.82) is 0 Å². The van der Waals surface area contributed by atoms with Crippen LogP contribution in [0, 0.1) is 11.8 Å². The van der Waals surface area contributed by atoms with Gasteiger partial charge >= 0.3 is 6.18 Å². The highest BCUT2D eigenvalue weighted by Crippen LogP contribution is 2.35. The Kier molecular flexibility index (Phi) is 7.54. The largest absolute Gasteiger partial charge is 0.391 e. The summed E-state index contributed by atoms with van der Waals surface area (Å²) in [5.41, 5.74) is 7.61. The highest BCUT2D eigenvalue weighted by Gasteiger charge is 2.41. The van der Waals surface area contributed by atoms with Crippen LogP contribution in [-0.2, 0) is 9.59 Å². The number of hydrogen-bond donors (Lipinski definition) is 4. The first-order valence-corrected chi connectivity index (χ1v) is 11.9. The molecule has 0 bridgehead atoms. The van der Waals surface area contributed by atoms with Crippen molar-refractivity contribution >= 4 is 23.2 Å². The summed E-state index contributed by atoms with van der Waals surface area (Å²) in [6.07, 6.45) is 0.920. The number of quaternary nitrogens is 1. The van der Waals surface area contributed by atoms with E-state index in [1.807, 2.05) is 46.7 Å². The molecule has 3 aliphatic heterocycles. The molecule has 8 nitrogen and oxygen atoms in total. The highest BCUT2D eigenvalue weighted by atomic mass is 19.4. The molecule has 1 aromatic carbocycles. The predicted molar refractivity (Wildman–Crippen MR) is 126 cm³/mol. The topological polar surface area (TPSA) is 93.3 Å². The van der Waals surface area contributed by atoms with Gasteiger partial charge in [-0.25, -0.2) is 5.43 Å². The van der Waals surface area contributed by atoms with Gasteiger partial charge in [0.05, 0.1) is 24.1 Å². The van der Waals surface area contributed by atoms with E-state index in [1.165, 1.54) is 0 Å². The summed E-state index contributed by atoms with van der Waals surface area (Å²) in [6.45, 7) is 1.62. The van der Waals surface area contributed by atoms with Crippen molar-refractivity contribution in [1.82, 2.24) is 15.6 Å². The van der Waals surface area contributed by atoms with Crippen LogP contribution in [0.2, 0.25) is 0 Å². The van der Waals surface area contributed by atoms with Crippen molar-refractivity contribution in [2.24, 2.45) is 11.8 Å². The smallest absolute Gasteiger partial charge is 0.372 e. The zero-order valence-corrected chi connectivity index (χ0v) is 19.7. The first-order valence-electron chi connectivity index (χ1n) is 11.9. The number of piperidine rings is 2. The third-order valence-electron chi connectivity index (χ3n) is 6.81. The fraction of sp³-hybridized carbons (Fsp3) is 0.500. The molecule has 1 atom stereocenters. The summed E-state index contributed by atoms with van der Waals surface area (Å²) in [6, 6.07) is 7.65. The maximum atomic E-state index is 12.9. The third kappa shape index (κ3) is 6.47. The average Bonchev–Trinajstić information content (AvgIpc) is 2.85. The van der Waals surface area contributed by atoms with Crippen molar-refractivity contribution in [2.45, 2.75) is 31.9 Å². The lowest BCUT2D eigenvalue weighted by Gasteiger charge is -2.34. The fourth-order valence-electron chi connectivity index (χ4n) is 4.58. The van der Waals surface area contributed by atoms with Crippen LogP contribution in [0.3, 0.4) is 0 Å². The molecular formula is C24H32F3N6O2+. The van der Waals surface area contributed by atoms with Crippen LogP contribution < -0.4 is 26.4 Å². The second kappa shape index (κ2) is 10.6. The van der Waals surface area contributed by atoms with Gasteiger partial charge in [-0.2, -0.15) is 18.6 Å². The molecule has 0 spiro atoms. The lowest BCUT2D eigenvalue weighted by Crippen LogP contribution is -2.93. The Morgan fingerprint density at radius 1 is 1.14 bits per heavy atom. The molecule has 1 unspecified atom stereocenters. The summed E-state index contributed by atoms with van der Waals surface area (Å²) in [5.74, 6) is -0.524. The summed E-state index contributed by atoms with van der Waals surface area (Å²) in [5, 5.41) is 6.22. The van der Waals surface area contributed by atoms with E-state index in [0.29, 0.717) is 39.0 Å². The lowest BCUT2D eigenvalue weighted by molar-refractivity contribution is -0.658. The molecule has 1 aromatic rings. The van der Waals surface area contributed by atoms with E-state index >= 15 is 0 Å². The molecule has 5 N–H and O–H groups in total. The normalized spacial score (nSPS) is 21.7. The van der Waals surface area contributed by atoms with Crippen LogP contribution in [0.25, 0.3) is 0 Å². The molecule has 11 heteroatoms. The van der Waals surface area contributed by atoms with Gasteiger partial charge in [-0.05, 0) is 49.6 Å². The molecule has 3 heterocycles. The number of amides is 2. The summed E-state index contributed by atoms with van der Waals surface area (Å²) in [7, 11) is 1.72. The molecule has 3 aliphatic rings. The molecule has 2 fully saturated rings. The molecule has 0 radical (unpaired) electrons. The number of anilines is 2. The van der Waals surface area contributed by atoms with Gasteiger partial charge in [0.2, 0.25) is 17.6 Å². The Morgan fingerprint density at radius 2 is 1.86 bits per heavy atom. The van der Waals surface area contributed by atoms with E-state index in [2.05, 4.69) is 16.1 Å². The summed E-state index contributed by atoms with van der Waals surface area (Å²) >= 11 is 0. The molecule has 0 aliphatic carbocycles. The van der Waals surface area contributed by atoms with Gasteiger partial charge < -0.3 is 20.4 Å². The van der Waals surface area contributed by atoms with Crippen LogP contribution >= 0.6 is 0 Å². The van der Waals surface area contributed by atoms with Crippen molar-refractivity contribution in [3.63, 3.8) is 0 Å². The van der Waals surface area contributed by atoms with Crippen LogP contribution in [-0.4, -0.2) is 56.1 Å². The Balaban J connectivity index is 1.23. The molecule has 2 amide bonds. The van der Waals surface area contributed by atoms with Crippen LogP contribution in [0.5, 0.6) is 0 Å². The number of carbonyl (C=O) groups excluding carboxylic acids is 2. The lowest BCUT2D eigenvalue weighted by atomic mass is 9.96. The maximum absolute atomic E-state index is 12.9. The number of hydrogen-bond acceptors (Lipinski definition) is 5. The van der Waals surface area contributed by atoms with E-state index in [1.54, 1.807) is 11.9 Å². The number of nitrogens with two attached hydrogens (primary N) is 1. The first-order chi connectivity index (χ1) is 16.7.